The van der Waals surface area contributed by atoms with Crippen LogP contribution < -0.4 is 4.31 Å². The van der Waals surface area contributed by atoms with Crippen molar-refractivity contribution in [2.75, 3.05) is 10.8 Å². The Balaban J connectivity index is 1.72. The fourth-order valence-corrected chi connectivity index (χ4v) is 5.78. The smallest absolute Gasteiger partial charge is 0.264 e. The van der Waals surface area contributed by atoms with Gasteiger partial charge < -0.3 is 4.90 Å². The molecule has 0 radical (unpaired) electrons. The van der Waals surface area contributed by atoms with Crippen molar-refractivity contribution >= 4 is 44.8 Å². The van der Waals surface area contributed by atoms with E-state index in [9.17, 15) is 13.2 Å². The minimum Gasteiger partial charge on any atom is -0.332 e. The number of carbonyl (C=O) groups excluding carboxylic acids is 1. The predicted octanol–water partition coefficient (Wildman–Crippen LogP) is 6.42. The number of rotatable bonds is 9. The van der Waals surface area contributed by atoms with Crippen LogP contribution in [0.25, 0.3) is 0 Å². The maximum Gasteiger partial charge on any atom is 0.264 e. The van der Waals surface area contributed by atoms with Crippen molar-refractivity contribution in [3.63, 3.8) is 0 Å². The van der Waals surface area contributed by atoms with E-state index in [1.165, 1.54) is 24.3 Å². The molecule has 0 saturated heterocycles. The lowest BCUT2D eigenvalue weighted by molar-refractivity contribution is -0.130. The molecule has 0 N–H and O–H groups in total. The van der Waals surface area contributed by atoms with Crippen LogP contribution >= 0.6 is 23.2 Å². The number of hydrogen-bond donors (Lipinski definition) is 0. The Morgan fingerprint density at radius 2 is 1.19 bits per heavy atom. The Morgan fingerprint density at radius 3 is 1.69 bits per heavy atom. The number of nitrogens with zero attached hydrogens (tertiary/aromatic N) is 2. The predicted molar refractivity (Wildman–Crippen MR) is 145 cm³/mol. The molecular weight excluding hydrogens is 515 g/mol. The van der Waals surface area contributed by atoms with Crippen LogP contribution in [-0.2, 0) is 27.9 Å². The molecule has 1 amide bonds. The first-order valence-electron chi connectivity index (χ1n) is 11.2. The third-order valence-corrected chi connectivity index (χ3v) is 7.89. The van der Waals surface area contributed by atoms with E-state index < -0.39 is 16.6 Å². The average Bonchev–Trinajstić information content (AvgIpc) is 2.89. The number of hydrogen-bond acceptors (Lipinski definition) is 3. The highest BCUT2D eigenvalue weighted by Crippen LogP contribution is 2.33. The highest BCUT2D eigenvalue weighted by Gasteiger charge is 2.30. The second-order valence-corrected chi connectivity index (χ2v) is 10.8. The number of amides is 1. The Kier molecular flexibility index (Phi) is 8.31. The van der Waals surface area contributed by atoms with E-state index in [2.05, 4.69) is 0 Å². The molecule has 184 valence electrons. The van der Waals surface area contributed by atoms with Crippen molar-refractivity contribution in [1.82, 2.24) is 4.90 Å². The zero-order valence-electron chi connectivity index (χ0n) is 19.3. The lowest BCUT2D eigenvalue weighted by Crippen LogP contribution is -2.42. The van der Waals surface area contributed by atoms with Gasteiger partial charge in [0.2, 0.25) is 5.91 Å². The SMILES string of the molecule is O=C(CN(c1ccc(Cl)cc1Cl)S(=O)(=O)c1ccccc1)N(Cc1ccccc1)Cc1ccccc1. The van der Waals surface area contributed by atoms with Crippen LogP contribution in [-0.4, -0.2) is 25.8 Å². The highest BCUT2D eigenvalue weighted by atomic mass is 35.5. The first kappa shape index (κ1) is 25.8. The third kappa shape index (κ3) is 6.26. The normalized spacial score (nSPS) is 11.2. The molecule has 0 spiro atoms. The molecule has 0 aromatic heterocycles. The molecule has 0 saturated carbocycles. The monoisotopic (exact) mass is 538 g/mol. The van der Waals surface area contributed by atoms with Crippen LogP contribution in [0.4, 0.5) is 5.69 Å². The van der Waals surface area contributed by atoms with Gasteiger partial charge in [-0.25, -0.2) is 8.42 Å². The van der Waals surface area contributed by atoms with Gasteiger partial charge in [-0.1, -0.05) is 102 Å². The fraction of sp³-hybridized carbons (Fsp3) is 0.107. The molecule has 0 aliphatic rings. The van der Waals surface area contributed by atoms with E-state index in [1.54, 1.807) is 29.2 Å². The first-order chi connectivity index (χ1) is 17.3. The molecule has 0 fully saturated rings. The Morgan fingerprint density at radius 1 is 0.694 bits per heavy atom. The van der Waals surface area contributed by atoms with Gasteiger partial charge in [-0.3, -0.25) is 9.10 Å². The number of sulfonamides is 1. The lowest BCUT2D eigenvalue weighted by Gasteiger charge is -2.29. The van der Waals surface area contributed by atoms with Gasteiger partial charge in [-0.15, -0.1) is 0 Å². The lowest BCUT2D eigenvalue weighted by atomic mass is 10.1. The largest absolute Gasteiger partial charge is 0.332 e. The molecule has 0 bridgehead atoms. The zero-order valence-corrected chi connectivity index (χ0v) is 21.6. The molecule has 4 aromatic carbocycles. The van der Waals surface area contributed by atoms with E-state index in [1.807, 2.05) is 60.7 Å². The first-order valence-corrected chi connectivity index (χ1v) is 13.4. The second kappa shape index (κ2) is 11.6. The summed E-state index contributed by atoms with van der Waals surface area (Å²) in [4.78, 5) is 15.4. The molecule has 36 heavy (non-hydrogen) atoms. The summed E-state index contributed by atoms with van der Waals surface area (Å²) in [7, 11) is -4.11. The van der Waals surface area contributed by atoms with Crippen LogP contribution in [0.1, 0.15) is 11.1 Å². The Hall–Kier alpha value is -3.32. The number of carbonyl (C=O) groups is 1. The molecule has 0 aliphatic heterocycles. The summed E-state index contributed by atoms with van der Waals surface area (Å²) in [5, 5.41) is 0.495. The van der Waals surface area contributed by atoms with Gasteiger partial charge in [0.15, 0.2) is 0 Å². The van der Waals surface area contributed by atoms with Gasteiger partial charge in [0.25, 0.3) is 10.0 Å². The van der Waals surface area contributed by atoms with Gasteiger partial charge in [0.05, 0.1) is 15.6 Å². The van der Waals surface area contributed by atoms with E-state index in [0.29, 0.717) is 18.1 Å². The summed E-state index contributed by atoms with van der Waals surface area (Å²) >= 11 is 12.5. The summed E-state index contributed by atoms with van der Waals surface area (Å²) < 4.78 is 28.5. The molecule has 4 aromatic rings. The van der Waals surface area contributed by atoms with Crippen LogP contribution in [0.15, 0.2) is 114 Å². The minimum atomic E-state index is -4.11. The molecule has 5 nitrogen and oxygen atoms in total. The van der Waals surface area contributed by atoms with Crippen LogP contribution in [0.2, 0.25) is 10.0 Å². The average molecular weight is 539 g/mol. The Bertz CT molecular complexity index is 1380. The molecule has 0 unspecified atom stereocenters. The molecule has 0 aliphatic carbocycles. The number of benzene rings is 4. The van der Waals surface area contributed by atoms with Crippen LogP contribution in [0.5, 0.6) is 0 Å². The van der Waals surface area contributed by atoms with Crippen molar-refractivity contribution in [1.29, 1.82) is 0 Å². The summed E-state index contributed by atoms with van der Waals surface area (Å²) in [5.41, 5.74) is 2.05. The standard InChI is InChI=1S/C28H24Cl2N2O3S/c29-24-16-17-27(26(30)18-24)32(36(34,35)25-14-8-3-9-15-25)21-28(33)31(19-22-10-4-1-5-11-22)20-23-12-6-2-7-13-23/h1-18H,19-21H2. The van der Waals surface area contributed by atoms with E-state index in [4.69, 9.17) is 23.2 Å². The summed E-state index contributed by atoms with van der Waals surface area (Å²) in [6.45, 7) is 0.211. The van der Waals surface area contributed by atoms with E-state index in [0.717, 1.165) is 15.4 Å². The van der Waals surface area contributed by atoms with Gasteiger partial charge >= 0.3 is 0 Å². The molecule has 4 rings (SSSR count). The second-order valence-electron chi connectivity index (χ2n) is 8.14. The molecule has 0 heterocycles. The maximum atomic E-state index is 13.7. The molecular formula is C28H24Cl2N2O3S. The van der Waals surface area contributed by atoms with Gasteiger partial charge in [0.1, 0.15) is 6.54 Å². The molecule has 0 atom stereocenters. The zero-order chi connectivity index (χ0) is 25.5. The summed E-state index contributed by atoms with van der Waals surface area (Å²) in [5.74, 6) is -0.367. The van der Waals surface area contributed by atoms with Crippen molar-refractivity contribution < 1.29 is 13.2 Å². The van der Waals surface area contributed by atoms with Gasteiger partial charge in [-0.2, -0.15) is 0 Å². The minimum absolute atomic E-state index is 0.0569. The van der Waals surface area contributed by atoms with Gasteiger partial charge in [-0.05, 0) is 41.5 Å². The van der Waals surface area contributed by atoms with Gasteiger partial charge in [0, 0.05) is 18.1 Å². The maximum absolute atomic E-state index is 13.7. The highest BCUT2D eigenvalue weighted by molar-refractivity contribution is 7.92. The Labute approximate surface area is 221 Å². The van der Waals surface area contributed by atoms with E-state index in [-0.39, 0.29) is 21.5 Å². The van der Waals surface area contributed by atoms with Crippen molar-refractivity contribution in [3.8, 4) is 0 Å². The van der Waals surface area contributed by atoms with Crippen LogP contribution in [0.3, 0.4) is 0 Å². The number of halogens is 2. The van der Waals surface area contributed by atoms with E-state index >= 15 is 0 Å². The van der Waals surface area contributed by atoms with Crippen molar-refractivity contribution in [2.45, 2.75) is 18.0 Å². The van der Waals surface area contributed by atoms with Crippen molar-refractivity contribution in [3.05, 3.63) is 130 Å². The third-order valence-electron chi connectivity index (χ3n) is 5.57. The summed E-state index contributed by atoms with van der Waals surface area (Å²) in [6.07, 6.45) is 0. The van der Waals surface area contributed by atoms with Crippen molar-refractivity contribution in [2.24, 2.45) is 0 Å². The quantitative estimate of drug-likeness (QED) is 0.247. The van der Waals surface area contributed by atoms with Crippen LogP contribution in [0, 0.1) is 0 Å². The topological polar surface area (TPSA) is 57.7 Å². The number of anilines is 1. The molecule has 8 heteroatoms. The summed E-state index contributed by atoms with van der Waals surface area (Å²) in [6, 6.07) is 31.6. The fourth-order valence-electron chi connectivity index (χ4n) is 3.77.